The Morgan fingerprint density at radius 1 is 1.25 bits per heavy atom. The number of hydrogen-bond acceptors (Lipinski definition) is 2. The molecule has 1 aliphatic rings. The fraction of sp³-hybridized carbons (Fsp3) is 1.00. The smallest absolute Gasteiger partial charge is 0.00503 e. The highest BCUT2D eigenvalue weighted by Gasteiger charge is 2.38. The van der Waals surface area contributed by atoms with E-state index in [1.807, 2.05) is 0 Å². The SMILES string of the molecule is CCC1(CC)CN(CCCN)C1. The number of likely N-dealkylation sites (tertiary alicyclic amines) is 1. The minimum absolute atomic E-state index is 0.661. The van der Waals surface area contributed by atoms with Crippen LogP contribution in [0.1, 0.15) is 33.1 Å². The summed E-state index contributed by atoms with van der Waals surface area (Å²) in [5, 5.41) is 0. The zero-order chi connectivity index (χ0) is 9.03. The second-order valence-corrected chi connectivity index (χ2v) is 4.06. The van der Waals surface area contributed by atoms with Crippen molar-refractivity contribution in [1.82, 2.24) is 4.90 Å². The predicted octanol–water partition coefficient (Wildman–Crippen LogP) is 1.46. The van der Waals surface area contributed by atoms with Crippen molar-refractivity contribution in [2.45, 2.75) is 33.1 Å². The Hall–Kier alpha value is -0.0800. The zero-order valence-electron chi connectivity index (χ0n) is 8.47. The number of nitrogens with zero attached hydrogens (tertiary/aromatic N) is 1. The normalized spacial score (nSPS) is 22.2. The topological polar surface area (TPSA) is 29.3 Å². The molecule has 0 radical (unpaired) electrons. The third-order valence-corrected chi connectivity index (χ3v) is 3.30. The van der Waals surface area contributed by atoms with E-state index in [0.717, 1.165) is 13.0 Å². The largest absolute Gasteiger partial charge is 0.330 e. The fourth-order valence-corrected chi connectivity index (χ4v) is 2.07. The van der Waals surface area contributed by atoms with Gasteiger partial charge in [-0.05, 0) is 37.8 Å². The second kappa shape index (κ2) is 4.24. The van der Waals surface area contributed by atoms with Crippen molar-refractivity contribution in [3.63, 3.8) is 0 Å². The van der Waals surface area contributed by atoms with Gasteiger partial charge in [0.15, 0.2) is 0 Å². The first kappa shape index (κ1) is 10.0. The third-order valence-electron chi connectivity index (χ3n) is 3.30. The van der Waals surface area contributed by atoms with Crippen molar-refractivity contribution >= 4 is 0 Å². The van der Waals surface area contributed by atoms with Gasteiger partial charge in [-0.25, -0.2) is 0 Å². The van der Waals surface area contributed by atoms with E-state index in [2.05, 4.69) is 18.7 Å². The Kier molecular flexibility index (Phi) is 3.53. The monoisotopic (exact) mass is 170 g/mol. The molecule has 1 fully saturated rings. The molecule has 0 spiro atoms. The van der Waals surface area contributed by atoms with Gasteiger partial charge in [0.25, 0.3) is 0 Å². The molecule has 0 unspecified atom stereocenters. The lowest BCUT2D eigenvalue weighted by Gasteiger charge is -2.50. The van der Waals surface area contributed by atoms with E-state index in [1.54, 1.807) is 0 Å². The van der Waals surface area contributed by atoms with Gasteiger partial charge in [0, 0.05) is 13.1 Å². The van der Waals surface area contributed by atoms with Crippen LogP contribution in [-0.2, 0) is 0 Å². The molecule has 72 valence electrons. The first-order valence-corrected chi connectivity index (χ1v) is 5.19. The van der Waals surface area contributed by atoms with Crippen molar-refractivity contribution in [3.05, 3.63) is 0 Å². The molecular weight excluding hydrogens is 148 g/mol. The maximum absolute atomic E-state index is 5.46. The summed E-state index contributed by atoms with van der Waals surface area (Å²) in [6, 6.07) is 0. The molecule has 0 aromatic rings. The van der Waals surface area contributed by atoms with Gasteiger partial charge in [0.1, 0.15) is 0 Å². The van der Waals surface area contributed by atoms with Crippen molar-refractivity contribution in [1.29, 1.82) is 0 Å². The van der Waals surface area contributed by atoms with Crippen LogP contribution in [0.5, 0.6) is 0 Å². The lowest BCUT2D eigenvalue weighted by molar-refractivity contribution is -0.00586. The van der Waals surface area contributed by atoms with Gasteiger partial charge in [0.2, 0.25) is 0 Å². The molecule has 2 heteroatoms. The maximum Gasteiger partial charge on any atom is 0.00503 e. The number of nitrogens with two attached hydrogens (primary N) is 1. The van der Waals surface area contributed by atoms with E-state index < -0.39 is 0 Å². The first-order valence-electron chi connectivity index (χ1n) is 5.19. The summed E-state index contributed by atoms with van der Waals surface area (Å²) in [4.78, 5) is 2.53. The maximum atomic E-state index is 5.46. The molecule has 2 N–H and O–H groups in total. The summed E-state index contributed by atoms with van der Waals surface area (Å²) < 4.78 is 0. The summed E-state index contributed by atoms with van der Waals surface area (Å²) in [6.45, 7) is 9.27. The molecule has 0 aromatic heterocycles. The van der Waals surface area contributed by atoms with Crippen LogP contribution in [0.25, 0.3) is 0 Å². The van der Waals surface area contributed by atoms with Gasteiger partial charge in [-0.2, -0.15) is 0 Å². The molecule has 0 saturated carbocycles. The Bertz CT molecular complexity index is 122. The minimum Gasteiger partial charge on any atom is -0.330 e. The van der Waals surface area contributed by atoms with E-state index in [9.17, 15) is 0 Å². The summed E-state index contributed by atoms with van der Waals surface area (Å²) in [6.07, 6.45) is 3.83. The van der Waals surface area contributed by atoms with Gasteiger partial charge < -0.3 is 10.6 Å². The van der Waals surface area contributed by atoms with Crippen LogP contribution in [0.3, 0.4) is 0 Å². The van der Waals surface area contributed by atoms with Gasteiger partial charge in [0.05, 0.1) is 0 Å². The first-order chi connectivity index (χ1) is 5.76. The summed E-state index contributed by atoms with van der Waals surface area (Å²) in [7, 11) is 0. The van der Waals surface area contributed by atoms with Crippen LogP contribution in [0, 0.1) is 5.41 Å². The Morgan fingerprint density at radius 2 is 1.83 bits per heavy atom. The van der Waals surface area contributed by atoms with Crippen molar-refractivity contribution in [2.75, 3.05) is 26.2 Å². The van der Waals surface area contributed by atoms with Crippen molar-refractivity contribution in [2.24, 2.45) is 11.1 Å². The van der Waals surface area contributed by atoms with Crippen LogP contribution in [0.4, 0.5) is 0 Å². The van der Waals surface area contributed by atoms with Crippen LogP contribution < -0.4 is 5.73 Å². The van der Waals surface area contributed by atoms with Gasteiger partial charge in [-0.15, -0.1) is 0 Å². The second-order valence-electron chi connectivity index (χ2n) is 4.06. The molecule has 0 bridgehead atoms. The molecule has 0 aromatic carbocycles. The lowest BCUT2D eigenvalue weighted by atomic mass is 9.75. The molecule has 0 aliphatic carbocycles. The summed E-state index contributed by atoms with van der Waals surface area (Å²) >= 11 is 0. The van der Waals surface area contributed by atoms with Crippen molar-refractivity contribution in [3.8, 4) is 0 Å². The summed E-state index contributed by atoms with van der Waals surface area (Å²) in [5.41, 5.74) is 6.12. The van der Waals surface area contributed by atoms with E-state index in [0.29, 0.717) is 5.41 Å². The standard InChI is InChI=1S/C10H22N2/c1-3-10(4-2)8-12(9-10)7-5-6-11/h3-9,11H2,1-2H3. The average molecular weight is 170 g/mol. The molecule has 2 nitrogen and oxygen atoms in total. The van der Waals surface area contributed by atoms with Crippen molar-refractivity contribution < 1.29 is 0 Å². The Labute approximate surface area is 76.1 Å². The van der Waals surface area contributed by atoms with Crippen LogP contribution >= 0.6 is 0 Å². The highest BCUT2D eigenvalue weighted by molar-refractivity contribution is 4.92. The lowest BCUT2D eigenvalue weighted by Crippen LogP contribution is -2.55. The van der Waals surface area contributed by atoms with Gasteiger partial charge in [-0.3, -0.25) is 0 Å². The highest BCUT2D eigenvalue weighted by atomic mass is 15.2. The third kappa shape index (κ3) is 1.99. The van der Waals surface area contributed by atoms with Gasteiger partial charge >= 0.3 is 0 Å². The zero-order valence-corrected chi connectivity index (χ0v) is 8.47. The molecule has 1 heterocycles. The van der Waals surface area contributed by atoms with Gasteiger partial charge in [-0.1, -0.05) is 13.8 Å². The van der Waals surface area contributed by atoms with E-state index in [4.69, 9.17) is 5.73 Å². The quantitative estimate of drug-likeness (QED) is 0.677. The Balaban J connectivity index is 2.16. The minimum atomic E-state index is 0.661. The molecular formula is C10H22N2. The van der Waals surface area contributed by atoms with E-state index in [-0.39, 0.29) is 0 Å². The predicted molar refractivity (Wildman–Crippen MR) is 53.1 cm³/mol. The average Bonchev–Trinajstić information content (AvgIpc) is 2.04. The Morgan fingerprint density at radius 3 is 2.25 bits per heavy atom. The molecule has 1 rings (SSSR count). The highest BCUT2D eigenvalue weighted by Crippen LogP contribution is 2.36. The van der Waals surface area contributed by atoms with Crippen LogP contribution in [-0.4, -0.2) is 31.1 Å². The molecule has 1 aliphatic heterocycles. The molecule has 0 amide bonds. The molecule has 0 atom stereocenters. The molecule has 12 heavy (non-hydrogen) atoms. The summed E-state index contributed by atoms with van der Waals surface area (Å²) in [5.74, 6) is 0. The van der Waals surface area contributed by atoms with E-state index in [1.165, 1.54) is 32.5 Å². The van der Waals surface area contributed by atoms with Crippen LogP contribution in [0.15, 0.2) is 0 Å². The fourth-order valence-electron chi connectivity index (χ4n) is 2.07. The van der Waals surface area contributed by atoms with Crippen LogP contribution in [0.2, 0.25) is 0 Å². The molecule has 1 saturated heterocycles. The number of rotatable bonds is 5. The number of hydrogen-bond donors (Lipinski definition) is 1. The van der Waals surface area contributed by atoms with E-state index >= 15 is 0 Å².